The molecule has 0 aromatic heterocycles. The Hall–Kier alpha value is -2.91. The Balaban J connectivity index is 1.84. The van der Waals surface area contributed by atoms with E-state index in [1.165, 1.54) is 17.0 Å². The monoisotopic (exact) mass is 491 g/mol. The van der Waals surface area contributed by atoms with Gasteiger partial charge in [0, 0.05) is 31.1 Å². The van der Waals surface area contributed by atoms with Crippen LogP contribution in [0.3, 0.4) is 0 Å². The highest BCUT2D eigenvalue weighted by Crippen LogP contribution is 2.30. The van der Waals surface area contributed by atoms with Crippen LogP contribution < -0.4 is 5.32 Å². The van der Waals surface area contributed by atoms with Gasteiger partial charge in [0.05, 0.1) is 5.56 Å². The number of carbonyl (C=O) groups excluding carboxylic acids is 3. The van der Waals surface area contributed by atoms with E-state index in [9.17, 15) is 22.8 Å². The van der Waals surface area contributed by atoms with E-state index in [0.29, 0.717) is 23.6 Å². The van der Waals surface area contributed by atoms with Gasteiger partial charge in [-0.3, -0.25) is 14.4 Å². The van der Waals surface area contributed by atoms with Crippen molar-refractivity contribution in [1.82, 2.24) is 14.5 Å². The molecule has 0 aliphatic carbocycles. The van der Waals surface area contributed by atoms with Crippen molar-refractivity contribution < 1.29 is 22.8 Å². The summed E-state index contributed by atoms with van der Waals surface area (Å²) in [6.07, 6.45) is 0.0910. The Labute approximate surface area is 198 Å². The van der Waals surface area contributed by atoms with Gasteiger partial charge in [0.15, 0.2) is 0 Å². The molecule has 1 atom stereocenters. The van der Waals surface area contributed by atoms with Crippen molar-refractivity contribution >= 4 is 39.3 Å². The average Bonchev–Trinajstić information content (AvgIpc) is 2.99. The molecule has 0 radical (unpaired) electrons. The van der Waals surface area contributed by atoms with Gasteiger partial charge in [0.1, 0.15) is 10.9 Å². The Morgan fingerprint density at radius 1 is 1.09 bits per heavy atom. The average molecular weight is 492 g/mol. The van der Waals surface area contributed by atoms with Crippen LogP contribution in [0.25, 0.3) is 0 Å². The molecule has 176 valence electrons. The predicted molar refractivity (Wildman–Crippen MR) is 124 cm³/mol. The van der Waals surface area contributed by atoms with Gasteiger partial charge in [0.25, 0.3) is 15.9 Å². The van der Waals surface area contributed by atoms with Crippen LogP contribution in [0.5, 0.6) is 0 Å². The summed E-state index contributed by atoms with van der Waals surface area (Å²) in [7, 11) is -4.02. The fraction of sp³-hybridized carbons (Fsp3) is 0.348. The first-order valence-electron chi connectivity index (χ1n) is 10.7. The summed E-state index contributed by atoms with van der Waals surface area (Å²) in [5.41, 5.74) is 0.749. The van der Waals surface area contributed by atoms with E-state index in [1.807, 2.05) is 0 Å². The quantitative estimate of drug-likeness (QED) is 0.581. The Kier molecular flexibility index (Phi) is 7.76. The molecule has 0 saturated carbocycles. The second-order valence-corrected chi connectivity index (χ2v) is 9.80. The second kappa shape index (κ2) is 10.4. The minimum absolute atomic E-state index is 0.0656. The Morgan fingerprint density at radius 2 is 1.76 bits per heavy atom. The fourth-order valence-corrected chi connectivity index (χ4v) is 5.58. The number of sulfonamides is 1. The number of hydrogen-bond donors (Lipinski definition) is 1. The van der Waals surface area contributed by atoms with E-state index in [4.69, 9.17) is 11.6 Å². The van der Waals surface area contributed by atoms with Gasteiger partial charge in [-0.15, -0.1) is 0 Å². The van der Waals surface area contributed by atoms with Gasteiger partial charge >= 0.3 is 0 Å². The first-order chi connectivity index (χ1) is 15.7. The topological polar surface area (TPSA) is 104 Å². The molecule has 1 heterocycles. The SMILES string of the molecule is CCNC(=O)[C@@H](CC)N(Cc1ccccc1Cl)C(=O)CCN1C(=O)c2ccccc2S1(=O)=O. The van der Waals surface area contributed by atoms with Crippen LogP contribution in [-0.2, 0) is 26.2 Å². The third kappa shape index (κ3) is 5.04. The van der Waals surface area contributed by atoms with E-state index >= 15 is 0 Å². The summed E-state index contributed by atoms with van der Waals surface area (Å²) in [5, 5.41) is 3.19. The fourth-order valence-electron chi connectivity index (χ4n) is 3.81. The minimum Gasteiger partial charge on any atom is -0.355 e. The molecule has 0 spiro atoms. The number of carbonyl (C=O) groups is 3. The molecule has 1 N–H and O–H groups in total. The summed E-state index contributed by atoms with van der Waals surface area (Å²) < 4.78 is 26.3. The molecule has 3 amide bonds. The second-order valence-electron chi connectivity index (χ2n) is 7.56. The minimum atomic E-state index is -4.02. The summed E-state index contributed by atoms with van der Waals surface area (Å²) >= 11 is 6.28. The van der Waals surface area contributed by atoms with Crippen LogP contribution in [0.2, 0.25) is 5.02 Å². The third-order valence-corrected chi connectivity index (χ3v) is 7.69. The van der Waals surface area contributed by atoms with Crippen LogP contribution >= 0.6 is 11.6 Å². The largest absolute Gasteiger partial charge is 0.355 e. The van der Waals surface area contributed by atoms with E-state index in [1.54, 1.807) is 50.2 Å². The molecule has 0 fully saturated rings. The molecule has 8 nitrogen and oxygen atoms in total. The normalized spacial score (nSPS) is 15.1. The van der Waals surface area contributed by atoms with Crippen molar-refractivity contribution in [3.63, 3.8) is 0 Å². The predicted octanol–water partition coefficient (Wildman–Crippen LogP) is 2.82. The van der Waals surface area contributed by atoms with Gasteiger partial charge in [-0.1, -0.05) is 48.9 Å². The Bertz CT molecular complexity index is 1170. The van der Waals surface area contributed by atoms with E-state index in [-0.39, 0.29) is 35.9 Å². The summed E-state index contributed by atoms with van der Waals surface area (Å²) in [6.45, 7) is 3.74. The number of nitrogens with one attached hydrogen (secondary N) is 1. The van der Waals surface area contributed by atoms with Gasteiger partial charge in [0.2, 0.25) is 11.8 Å². The van der Waals surface area contributed by atoms with Gasteiger partial charge in [-0.05, 0) is 37.1 Å². The van der Waals surface area contributed by atoms with E-state index in [2.05, 4.69) is 5.32 Å². The number of hydrogen-bond acceptors (Lipinski definition) is 5. The van der Waals surface area contributed by atoms with Crippen LogP contribution in [-0.4, -0.2) is 54.5 Å². The Morgan fingerprint density at radius 3 is 2.39 bits per heavy atom. The van der Waals surface area contributed by atoms with Crippen LogP contribution in [0.15, 0.2) is 53.4 Å². The highest BCUT2D eigenvalue weighted by atomic mass is 35.5. The lowest BCUT2D eigenvalue weighted by Gasteiger charge is -2.31. The van der Waals surface area contributed by atoms with Crippen molar-refractivity contribution in [2.24, 2.45) is 0 Å². The van der Waals surface area contributed by atoms with Gasteiger partial charge < -0.3 is 10.2 Å². The van der Waals surface area contributed by atoms with E-state index in [0.717, 1.165) is 4.31 Å². The number of rotatable bonds is 9. The zero-order valence-corrected chi connectivity index (χ0v) is 20.0. The first kappa shape index (κ1) is 24.7. The van der Waals surface area contributed by atoms with E-state index < -0.39 is 27.9 Å². The molecule has 0 saturated heterocycles. The number of nitrogens with zero attached hydrogens (tertiary/aromatic N) is 2. The maximum absolute atomic E-state index is 13.3. The van der Waals surface area contributed by atoms with Crippen molar-refractivity contribution in [3.8, 4) is 0 Å². The number of benzene rings is 2. The maximum atomic E-state index is 13.3. The van der Waals surface area contributed by atoms with Crippen molar-refractivity contribution in [2.75, 3.05) is 13.1 Å². The molecule has 2 aromatic carbocycles. The molecule has 2 aromatic rings. The first-order valence-corrected chi connectivity index (χ1v) is 12.5. The highest BCUT2D eigenvalue weighted by molar-refractivity contribution is 7.90. The molecular weight excluding hydrogens is 466 g/mol. The summed E-state index contributed by atoms with van der Waals surface area (Å²) in [4.78, 5) is 39.9. The maximum Gasteiger partial charge on any atom is 0.269 e. The summed E-state index contributed by atoms with van der Waals surface area (Å²) in [6, 6.07) is 12.2. The molecule has 1 aliphatic rings. The van der Waals surface area contributed by atoms with Crippen molar-refractivity contribution in [3.05, 3.63) is 64.7 Å². The number of likely N-dealkylation sites (N-methyl/N-ethyl adjacent to an activating group) is 1. The molecule has 10 heteroatoms. The lowest BCUT2D eigenvalue weighted by atomic mass is 10.1. The molecule has 0 unspecified atom stereocenters. The highest BCUT2D eigenvalue weighted by Gasteiger charge is 2.41. The van der Waals surface area contributed by atoms with Crippen LogP contribution in [0.1, 0.15) is 42.6 Å². The number of halogens is 1. The smallest absolute Gasteiger partial charge is 0.269 e. The molecular formula is C23H26ClN3O5S. The number of fused-ring (bicyclic) bond motifs is 1. The van der Waals surface area contributed by atoms with Crippen LogP contribution in [0.4, 0.5) is 0 Å². The van der Waals surface area contributed by atoms with Crippen molar-refractivity contribution in [1.29, 1.82) is 0 Å². The van der Waals surface area contributed by atoms with Gasteiger partial charge in [-0.2, -0.15) is 0 Å². The lowest BCUT2D eigenvalue weighted by molar-refractivity contribution is -0.141. The number of amides is 3. The molecule has 1 aliphatic heterocycles. The lowest BCUT2D eigenvalue weighted by Crippen LogP contribution is -2.49. The zero-order chi connectivity index (χ0) is 24.2. The molecule has 3 rings (SSSR count). The van der Waals surface area contributed by atoms with Crippen LogP contribution in [0, 0.1) is 0 Å². The zero-order valence-electron chi connectivity index (χ0n) is 18.5. The summed E-state index contributed by atoms with van der Waals surface area (Å²) in [5.74, 6) is -1.42. The molecule has 33 heavy (non-hydrogen) atoms. The van der Waals surface area contributed by atoms with Gasteiger partial charge in [-0.25, -0.2) is 12.7 Å². The third-order valence-electron chi connectivity index (χ3n) is 5.48. The van der Waals surface area contributed by atoms with Crippen molar-refractivity contribution in [2.45, 2.75) is 44.2 Å². The molecule has 0 bridgehead atoms. The standard InChI is InChI=1S/C23H26ClN3O5S/c1-3-19(22(29)25-4-2)26(15-16-9-5-7-11-18(16)24)21(28)13-14-27-23(30)17-10-6-8-12-20(17)33(27,31)32/h5-12,19H,3-4,13-15H2,1-2H3,(H,25,29)/t19-/m1/s1.